The van der Waals surface area contributed by atoms with Crippen LogP contribution in [0.2, 0.25) is 0 Å². The second-order valence-electron chi connectivity index (χ2n) is 8.09. The Bertz CT molecular complexity index is 1270. The number of nitrogens with zero attached hydrogens (tertiary/aromatic N) is 3. The highest BCUT2D eigenvalue weighted by Crippen LogP contribution is 2.36. The predicted molar refractivity (Wildman–Crippen MR) is 133 cm³/mol. The zero-order valence-corrected chi connectivity index (χ0v) is 20.9. The molecule has 1 aliphatic heterocycles. The monoisotopic (exact) mass is 484 g/mol. The van der Waals surface area contributed by atoms with Gasteiger partial charge in [-0.1, -0.05) is 19.9 Å². The van der Waals surface area contributed by atoms with E-state index in [1.165, 1.54) is 16.4 Å². The summed E-state index contributed by atoms with van der Waals surface area (Å²) in [5.74, 6) is 1.97. The molecule has 4 rings (SSSR count). The number of sulfonamides is 1. The zero-order chi connectivity index (χ0) is 23.8. The summed E-state index contributed by atoms with van der Waals surface area (Å²) in [6.45, 7) is 8.47. The van der Waals surface area contributed by atoms with Crippen molar-refractivity contribution < 1.29 is 13.2 Å². The Hall–Kier alpha value is -2.62. The maximum absolute atomic E-state index is 13.1. The fourth-order valence-corrected chi connectivity index (χ4v) is 6.56. The van der Waals surface area contributed by atoms with Crippen LogP contribution in [0.1, 0.15) is 46.6 Å². The first-order valence-electron chi connectivity index (χ1n) is 10.9. The number of hydrogen-bond donors (Lipinski definition) is 1. The lowest BCUT2D eigenvalue weighted by Gasteiger charge is -2.18. The average molecular weight is 485 g/mol. The summed E-state index contributed by atoms with van der Waals surface area (Å²) in [6.07, 6.45) is 0. The Kier molecular flexibility index (Phi) is 6.65. The molecule has 0 unspecified atom stereocenters. The molecule has 174 valence electrons. The predicted octanol–water partition coefficient (Wildman–Crippen LogP) is 4.52. The molecule has 1 aromatic heterocycles. The van der Waals surface area contributed by atoms with E-state index in [1.54, 1.807) is 37.7 Å². The number of thioether (sulfide) groups is 1. The standard InChI is InChI=1S/C24H28N4O3S2/c1-5-27(6-2)33(30,31)20-9-7-18(8-10-20)24(29)25-23-21-14-32-15-22(21)26-28(23)19-12-16(3)11-17(4)13-19/h7-13H,5-6,14-15H2,1-4H3,(H,25,29). The van der Waals surface area contributed by atoms with Gasteiger partial charge in [0.25, 0.3) is 5.91 Å². The SMILES string of the molecule is CCN(CC)S(=O)(=O)c1ccc(C(=O)Nc2c3c(nn2-c2cc(C)cc(C)c2)CSC3)cc1. The van der Waals surface area contributed by atoms with Gasteiger partial charge in [0.15, 0.2) is 0 Å². The van der Waals surface area contributed by atoms with Crippen molar-refractivity contribution in [3.05, 3.63) is 70.4 Å². The van der Waals surface area contributed by atoms with E-state index in [4.69, 9.17) is 5.10 Å². The number of fused-ring (bicyclic) bond motifs is 1. The Morgan fingerprint density at radius 2 is 1.70 bits per heavy atom. The first-order valence-corrected chi connectivity index (χ1v) is 13.5. The van der Waals surface area contributed by atoms with E-state index in [1.807, 2.05) is 30.7 Å². The third-order valence-corrected chi connectivity index (χ3v) is 8.73. The van der Waals surface area contributed by atoms with E-state index in [-0.39, 0.29) is 10.8 Å². The van der Waals surface area contributed by atoms with Crippen LogP contribution in [0, 0.1) is 13.8 Å². The number of carbonyl (C=O) groups is 1. The number of aromatic nitrogens is 2. The number of anilines is 1. The number of nitrogens with one attached hydrogen (secondary N) is 1. The second kappa shape index (κ2) is 9.32. The highest BCUT2D eigenvalue weighted by molar-refractivity contribution is 7.98. The summed E-state index contributed by atoms with van der Waals surface area (Å²) in [6, 6.07) is 12.3. The minimum Gasteiger partial charge on any atom is -0.306 e. The van der Waals surface area contributed by atoms with Crippen molar-refractivity contribution in [2.45, 2.75) is 44.1 Å². The quantitative estimate of drug-likeness (QED) is 0.533. The van der Waals surface area contributed by atoms with Crippen molar-refractivity contribution >= 4 is 33.5 Å². The molecule has 2 heterocycles. The molecule has 9 heteroatoms. The third kappa shape index (κ3) is 4.58. The number of benzene rings is 2. The Morgan fingerprint density at radius 1 is 1.06 bits per heavy atom. The van der Waals surface area contributed by atoms with E-state index >= 15 is 0 Å². The Morgan fingerprint density at radius 3 is 2.30 bits per heavy atom. The molecule has 1 amide bonds. The first-order chi connectivity index (χ1) is 15.7. The van der Waals surface area contributed by atoms with E-state index in [0.29, 0.717) is 24.5 Å². The number of hydrogen-bond acceptors (Lipinski definition) is 5. The van der Waals surface area contributed by atoms with Gasteiger partial charge < -0.3 is 5.32 Å². The van der Waals surface area contributed by atoms with Crippen molar-refractivity contribution in [2.24, 2.45) is 0 Å². The van der Waals surface area contributed by atoms with Crippen LogP contribution in [0.15, 0.2) is 47.4 Å². The number of amides is 1. The largest absolute Gasteiger partial charge is 0.306 e. The first kappa shape index (κ1) is 23.5. The lowest BCUT2D eigenvalue weighted by molar-refractivity contribution is 0.102. The molecule has 0 radical (unpaired) electrons. The average Bonchev–Trinajstić information content (AvgIpc) is 3.36. The summed E-state index contributed by atoms with van der Waals surface area (Å²) in [5, 5.41) is 7.81. The lowest BCUT2D eigenvalue weighted by atomic mass is 10.1. The molecule has 0 bridgehead atoms. The summed E-state index contributed by atoms with van der Waals surface area (Å²) < 4.78 is 28.7. The van der Waals surface area contributed by atoms with Crippen LogP contribution < -0.4 is 5.32 Å². The van der Waals surface area contributed by atoms with Gasteiger partial charge in [-0.15, -0.1) is 0 Å². The van der Waals surface area contributed by atoms with Crippen molar-refractivity contribution in [1.29, 1.82) is 0 Å². The molecular weight excluding hydrogens is 456 g/mol. The molecule has 0 spiro atoms. The van der Waals surface area contributed by atoms with Gasteiger partial charge in [0.1, 0.15) is 5.82 Å². The Balaban J connectivity index is 1.64. The maximum atomic E-state index is 13.1. The molecule has 3 aromatic rings. The summed E-state index contributed by atoms with van der Waals surface area (Å²) >= 11 is 1.77. The van der Waals surface area contributed by atoms with Crippen molar-refractivity contribution in [1.82, 2.24) is 14.1 Å². The van der Waals surface area contributed by atoms with E-state index in [2.05, 4.69) is 11.4 Å². The molecule has 0 saturated carbocycles. The molecule has 1 N–H and O–H groups in total. The van der Waals surface area contributed by atoms with Gasteiger partial charge >= 0.3 is 0 Å². The smallest absolute Gasteiger partial charge is 0.256 e. The molecule has 0 aliphatic carbocycles. The molecule has 0 fully saturated rings. The van der Waals surface area contributed by atoms with Gasteiger partial charge in [0.2, 0.25) is 10.0 Å². The molecule has 0 atom stereocenters. The van der Waals surface area contributed by atoms with Gasteiger partial charge in [0.05, 0.1) is 16.3 Å². The number of aryl methyl sites for hydroxylation is 2. The minimum atomic E-state index is -3.57. The topological polar surface area (TPSA) is 84.3 Å². The normalized spacial score (nSPS) is 13.4. The molecule has 0 saturated heterocycles. The second-order valence-corrected chi connectivity index (χ2v) is 11.0. The van der Waals surface area contributed by atoms with Gasteiger partial charge in [-0.2, -0.15) is 21.2 Å². The zero-order valence-electron chi connectivity index (χ0n) is 19.3. The highest BCUT2D eigenvalue weighted by Gasteiger charge is 2.26. The number of rotatable bonds is 7. The lowest BCUT2D eigenvalue weighted by Crippen LogP contribution is -2.30. The van der Waals surface area contributed by atoms with Crippen LogP contribution in [0.5, 0.6) is 0 Å². The van der Waals surface area contributed by atoms with Crippen LogP contribution >= 0.6 is 11.8 Å². The summed E-state index contributed by atoms with van der Waals surface area (Å²) in [7, 11) is -3.57. The third-order valence-electron chi connectivity index (χ3n) is 5.69. The van der Waals surface area contributed by atoms with Crippen LogP contribution in [-0.2, 0) is 21.5 Å². The maximum Gasteiger partial charge on any atom is 0.256 e. The van der Waals surface area contributed by atoms with Crippen LogP contribution in [0.4, 0.5) is 5.82 Å². The minimum absolute atomic E-state index is 0.181. The van der Waals surface area contributed by atoms with Gasteiger partial charge in [-0.05, 0) is 61.4 Å². The fraction of sp³-hybridized carbons (Fsp3) is 0.333. The van der Waals surface area contributed by atoms with E-state index in [9.17, 15) is 13.2 Å². The van der Waals surface area contributed by atoms with Gasteiger partial charge in [-0.3, -0.25) is 4.79 Å². The van der Waals surface area contributed by atoms with Gasteiger partial charge in [-0.25, -0.2) is 13.1 Å². The van der Waals surface area contributed by atoms with E-state index in [0.717, 1.165) is 39.6 Å². The van der Waals surface area contributed by atoms with Crippen molar-refractivity contribution in [2.75, 3.05) is 18.4 Å². The molecule has 33 heavy (non-hydrogen) atoms. The molecule has 2 aromatic carbocycles. The molecule has 1 aliphatic rings. The Labute approximate surface area is 199 Å². The van der Waals surface area contributed by atoms with E-state index < -0.39 is 10.0 Å². The summed E-state index contributed by atoms with van der Waals surface area (Å²) in [4.78, 5) is 13.3. The van der Waals surface area contributed by atoms with Gasteiger partial charge in [0, 0.05) is 35.7 Å². The molecular formula is C24H28N4O3S2. The van der Waals surface area contributed by atoms with Crippen molar-refractivity contribution in [3.8, 4) is 5.69 Å². The molecule has 7 nitrogen and oxygen atoms in total. The highest BCUT2D eigenvalue weighted by atomic mass is 32.2. The number of carbonyl (C=O) groups excluding carboxylic acids is 1. The van der Waals surface area contributed by atoms with Crippen LogP contribution in [0.25, 0.3) is 5.69 Å². The summed E-state index contributed by atoms with van der Waals surface area (Å²) in [5.41, 5.74) is 5.56. The van der Waals surface area contributed by atoms with Crippen LogP contribution in [-0.4, -0.2) is 41.5 Å². The van der Waals surface area contributed by atoms with Crippen molar-refractivity contribution in [3.63, 3.8) is 0 Å². The fourth-order valence-electron chi connectivity index (χ4n) is 4.07. The van der Waals surface area contributed by atoms with Crippen LogP contribution in [0.3, 0.4) is 0 Å².